The zero-order valence-electron chi connectivity index (χ0n) is 10.5. The van der Waals surface area contributed by atoms with Gasteiger partial charge in [-0.05, 0) is 12.1 Å². The van der Waals surface area contributed by atoms with Crippen LogP contribution in [-0.4, -0.2) is 35.4 Å². The highest BCUT2D eigenvalue weighted by molar-refractivity contribution is 5.67. The lowest BCUT2D eigenvalue weighted by Gasteiger charge is -2.08. The van der Waals surface area contributed by atoms with E-state index in [1.165, 1.54) is 0 Å². The Morgan fingerprint density at radius 1 is 1.21 bits per heavy atom. The number of hydrogen-bond donors (Lipinski definition) is 2. The molecule has 0 aliphatic rings. The number of nitrogens with zero attached hydrogens (tertiary/aromatic N) is 2. The van der Waals surface area contributed by atoms with E-state index in [0.717, 1.165) is 0 Å². The van der Waals surface area contributed by atoms with E-state index in [1.807, 2.05) is 0 Å². The van der Waals surface area contributed by atoms with Gasteiger partial charge in [-0.15, -0.1) is 0 Å². The maximum Gasteiger partial charge on any atom is 0.223 e. The van der Waals surface area contributed by atoms with Gasteiger partial charge in [0.05, 0.1) is 12.3 Å². The lowest BCUT2D eigenvalue weighted by atomic mass is 10.1. The van der Waals surface area contributed by atoms with Gasteiger partial charge in [0.25, 0.3) is 0 Å². The molecule has 0 aliphatic heterocycles. The summed E-state index contributed by atoms with van der Waals surface area (Å²) < 4.78 is 10.3. The Balaban J connectivity index is 2.29. The van der Waals surface area contributed by atoms with Gasteiger partial charge in [-0.1, -0.05) is 12.1 Å². The molecule has 0 amide bonds. The fraction of sp³-hybridized carbons (Fsp3) is 0.231. The van der Waals surface area contributed by atoms with E-state index in [4.69, 9.17) is 15.2 Å². The van der Waals surface area contributed by atoms with E-state index < -0.39 is 0 Å². The maximum atomic E-state index is 9.80. The first kappa shape index (κ1) is 13.1. The molecule has 100 valence electrons. The Bertz CT molecular complexity index is 561. The molecule has 0 aliphatic carbocycles. The molecule has 0 spiro atoms. The highest BCUT2D eigenvalue weighted by Gasteiger charge is 2.09. The minimum atomic E-state index is 0.0909. The molecule has 0 atom stereocenters. The van der Waals surface area contributed by atoms with E-state index >= 15 is 0 Å². The molecule has 0 saturated heterocycles. The van der Waals surface area contributed by atoms with Crippen molar-refractivity contribution in [3.63, 3.8) is 0 Å². The fourth-order valence-electron chi connectivity index (χ4n) is 1.57. The van der Waals surface area contributed by atoms with Gasteiger partial charge in [0.1, 0.15) is 12.4 Å². The van der Waals surface area contributed by atoms with E-state index in [2.05, 4.69) is 9.97 Å². The first-order valence-electron chi connectivity index (χ1n) is 5.75. The number of ether oxygens (including phenoxy) is 2. The van der Waals surface area contributed by atoms with Crippen molar-refractivity contribution in [1.29, 1.82) is 0 Å². The summed E-state index contributed by atoms with van der Waals surface area (Å²) >= 11 is 0. The highest BCUT2D eigenvalue weighted by Crippen LogP contribution is 2.29. The first-order valence-corrected chi connectivity index (χ1v) is 5.75. The van der Waals surface area contributed by atoms with Crippen molar-refractivity contribution in [1.82, 2.24) is 9.97 Å². The van der Waals surface area contributed by atoms with Crippen molar-refractivity contribution in [3.05, 3.63) is 30.3 Å². The van der Waals surface area contributed by atoms with Gasteiger partial charge in [0.2, 0.25) is 11.8 Å². The Morgan fingerprint density at radius 2 is 2.00 bits per heavy atom. The van der Waals surface area contributed by atoms with Crippen LogP contribution in [0, 0.1) is 0 Å². The Kier molecular flexibility index (Phi) is 4.15. The van der Waals surface area contributed by atoms with Crippen LogP contribution in [0.4, 0.5) is 5.95 Å². The third-order valence-electron chi connectivity index (χ3n) is 2.44. The van der Waals surface area contributed by atoms with Gasteiger partial charge in [-0.2, -0.15) is 4.98 Å². The normalized spacial score (nSPS) is 10.4. The molecule has 1 aromatic heterocycles. The molecular weight excluding hydrogens is 246 g/mol. The summed E-state index contributed by atoms with van der Waals surface area (Å²) in [7, 11) is 1.59. The zero-order valence-corrected chi connectivity index (χ0v) is 10.5. The number of phenolic OH excluding ortho intramolecular Hbond substituents is 1. The molecule has 2 aromatic rings. The van der Waals surface area contributed by atoms with E-state index in [1.54, 1.807) is 37.4 Å². The second-order valence-corrected chi connectivity index (χ2v) is 3.81. The number of para-hydroxylation sites is 1. The summed E-state index contributed by atoms with van der Waals surface area (Å²) in [5.74, 6) is 0.569. The maximum absolute atomic E-state index is 9.80. The summed E-state index contributed by atoms with van der Waals surface area (Å²) in [6.07, 6.45) is 0. The quantitative estimate of drug-likeness (QED) is 0.792. The van der Waals surface area contributed by atoms with Gasteiger partial charge in [0, 0.05) is 18.7 Å². The van der Waals surface area contributed by atoms with Crippen molar-refractivity contribution < 1.29 is 14.6 Å². The number of rotatable bonds is 5. The molecule has 6 heteroatoms. The molecule has 1 heterocycles. The topological polar surface area (TPSA) is 90.5 Å². The lowest BCUT2D eigenvalue weighted by Crippen LogP contribution is -2.07. The zero-order chi connectivity index (χ0) is 13.7. The molecular formula is C13H15N3O3. The second kappa shape index (κ2) is 6.01. The summed E-state index contributed by atoms with van der Waals surface area (Å²) in [5, 5.41) is 9.80. The molecule has 0 fully saturated rings. The molecule has 1 aromatic carbocycles. The summed E-state index contributed by atoms with van der Waals surface area (Å²) in [5.41, 5.74) is 6.73. The fourth-order valence-corrected chi connectivity index (χ4v) is 1.57. The average molecular weight is 261 g/mol. The molecule has 6 nitrogen and oxygen atoms in total. The number of hydrogen-bond acceptors (Lipinski definition) is 6. The van der Waals surface area contributed by atoms with Crippen LogP contribution in [0.3, 0.4) is 0 Å². The predicted molar refractivity (Wildman–Crippen MR) is 70.9 cm³/mol. The van der Waals surface area contributed by atoms with E-state index in [0.29, 0.717) is 30.4 Å². The standard InChI is InChI=1S/C13H15N3O3/c1-18-6-7-19-12-8-10(15-13(14)16-12)9-4-2-3-5-11(9)17/h2-5,8,17H,6-7H2,1H3,(H2,14,15,16). The second-order valence-electron chi connectivity index (χ2n) is 3.81. The van der Waals surface area contributed by atoms with Crippen molar-refractivity contribution in [2.75, 3.05) is 26.1 Å². The highest BCUT2D eigenvalue weighted by atomic mass is 16.5. The third-order valence-corrected chi connectivity index (χ3v) is 2.44. The van der Waals surface area contributed by atoms with Crippen LogP contribution in [0.2, 0.25) is 0 Å². The molecule has 2 rings (SSSR count). The number of aromatic nitrogens is 2. The molecule has 0 unspecified atom stereocenters. The van der Waals surface area contributed by atoms with Crippen LogP contribution < -0.4 is 10.5 Å². The third kappa shape index (κ3) is 3.32. The van der Waals surface area contributed by atoms with Crippen molar-refractivity contribution in [3.8, 4) is 22.9 Å². The van der Waals surface area contributed by atoms with Crippen LogP contribution in [0.1, 0.15) is 0 Å². The molecule has 19 heavy (non-hydrogen) atoms. The smallest absolute Gasteiger partial charge is 0.223 e. The van der Waals surface area contributed by atoms with Crippen LogP contribution in [0.25, 0.3) is 11.3 Å². The van der Waals surface area contributed by atoms with Gasteiger partial charge in [-0.25, -0.2) is 4.98 Å². The molecule has 0 radical (unpaired) electrons. The van der Waals surface area contributed by atoms with Crippen LogP contribution in [0.5, 0.6) is 11.6 Å². The minimum Gasteiger partial charge on any atom is -0.507 e. The van der Waals surface area contributed by atoms with Gasteiger partial charge in [-0.3, -0.25) is 0 Å². The SMILES string of the molecule is COCCOc1cc(-c2ccccc2O)nc(N)n1. The predicted octanol–water partition coefficient (Wildman–Crippen LogP) is 1.46. The van der Waals surface area contributed by atoms with E-state index in [-0.39, 0.29) is 11.7 Å². The minimum absolute atomic E-state index is 0.0909. The van der Waals surface area contributed by atoms with Gasteiger partial charge < -0.3 is 20.3 Å². The number of aromatic hydroxyl groups is 1. The number of methoxy groups -OCH3 is 1. The van der Waals surface area contributed by atoms with Crippen molar-refractivity contribution in [2.24, 2.45) is 0 Å². The van der Waals surface area contributed by atoms with Crippen molar-refractivity contribution in [2.45, 2.75) is 0 Å². The van der Waals surface area contributed by atoms with Crippen molar-refractivity contribution >= 4 is 5.95 Å². The van der Waals surface area contributed by atoms with Crippen LogP contribution in [-0.2, 0) is 4.74 Å². The van der Waals surface area contributed by atoms with Crippen LogP contribution in [0.15, 0.2) is 30.3 Å². The Morgan fingerprint density at radius 3 is 2.74 bits per heavy atom. The largest absolute Gasteiger partial charge is 0.507 e. The number of anilines is 1. The van der Waals surface area contributed by atoms with E-state index in [9.17, 15) is 5.11 Å². The van der Waals surface area contributed by atoms with Crippen LogP contribution >= 0.6 is 0 Å². The number of nitrogen functional groups attached to an aromatic ring is 1. The summed E-state index contributed by atoms with van der Waals surface area (Å²) in [4.78, 5) is 8.06. The molecule has 0 bridgehead atoms. The monoisotopic (exact) mass is 261 g/mol. The molecule has 3 N–H and O–H groups in total. The Hall–Kier alpha value is -2.34. The summed E-state index contributed by atoms with van der Waals surface area (Å²) in [6, 6.07) is 8.49. The number of nitrogens with two attached hydrogens (primary N) is 1. The molecule has 0 saturated carbocycles. The average Bonchev–Trinajstić information content (AvgIpc) is 2.39. The Labute approximate surface area is 110 Å². The number of benzene rings is 1. The number of phenols is 1. The summed E-state index contributed by atoms with van der Waals surface area (Å²) in [6.45, 7) is 0.822. The van der Waals surface area contributed by atoms with Gasteiger partial charge in [0.15, 0.2) is 0 Å². The first-order chi connectivity index (χ1) is 9.20. The van der Waals surface area contributed by atoms with Gasteiger partial charge >= 0.3 is 0 Å². The lowest BCUT2D eigenvalue weighted by molar-refractivity contribution is 0.144.